The van der Waals surface area contributed by atoms with Crippen LogP contribution < -0.4 is 10.6 Å². The lowest BCUT2D eigenvalue weighted by molar-refractivity contribution is -0.130. The van der Waals surface area contributed by atoms with Gasteiger partial charge in [-0.2, -0.15) is 11.8 Å². The Morgan fingerprint density at radius 1 is 1.31 bits per heavy atom. The highest BCUT2D eigenvalue weighted by atomic mass is 32.2. The zero-order valence-corrected chi connectivity index (χ0v) is 16.8. The number of carbonyl (C=O) groups excluding carboxylic acids is 1. The maximum Gasteiger partial charge on any atom is 0.233 e. The predicted molar refractivity (Wildman–Crippen MR) is 109 cm³/mol. The van der Waals surface area contributed by atoms with E-state index in [9.17, 15) is 4.79 Å². The predicted octanol–water partition coefficient (Wildman–Crippen LogP) is 2.50. The van der Waals surface area contributed by atoms with Crippen LogP contribution in [0.5, 0.6) is 0 Å². The number of methoxy groups -OCH3 is 1. The maximum atomic E-state index is 13.1. The van der Waals surface area contributed by atoms with Crippen LogP contribution in [0.25, 0.3) is 0 Å². The van der Waals surface area contributed by atoms with E-state index in [0.29, 0.717) is 6.61 Å². The van der Waals surface area contributed by atoms with E-state index in [1.807, 2.05) is 17.8 Å². The average Bonchev–Trinajstić information content (AvgIpc) is 2.67. The van der Waals surface area contributed by atoms with Crippen molar-refractivity contribution in [3.63, 3.8) is 0 Å². The van der Waals surface area contributed by atoms with Gasteiger partial charge in [0.2, 0.25) is 5.91 Å². The lowest BCUT2D eigenvalue weighted by Crippen LogP contribution is -2.47. The fourth-order valence-electron chi connectivity index (χ4n) is 3.86. The quantitative estimate of drug-likeness (QED) is 0.798. The smallest absolute Gasteiger partial charge is 0.233 e. The Morgan fingerprint density at radius 2 is 2.04 bits per heavy atom. The van der Waals surface area contributed by atoms with Gasteiger partial charge in [-0.1, -0.05) is 12.1 Å². The van der Waals surface area contributed by atoms with E-state index >= 15 is 0 Å². The van der Waals surface area contributed by atoms with Crippen LogP contribution in [-0.2, 0) is 16.1 Å². The molecule has 1 aromatic rings. The molecule has 3 rings (SSSR count). The molecular formula is C20H31N3O2S. The molecule has 2 aliphatic rings. The van der Waals surface area contributed by atoms with Crippen LogP contribution >= 0.6 is 11.8 Å². The summed E-state index contributed by atoms with van der Waals surface area (Å²) in [6.07, 6.45) is 1.63. The van der Waals surface area contributed by atoms with Crippen LogP contribution in [0.1, 0.15) is 24.0 Å². The Balaban J connectivity index is 1.72. The molecule has 0 spiro atoms. The molecular weight excluding hydrogens is 346 g/mol. The van der Waals surface area contributed by atoms with E-state index in [-0.39, 0.29) is 5.91 Å². The van der Waals surface area contributed by atoms with Gasteiger partial charge in [0.25, 0.3) is 0 Å². The minimum Gasteiger partial charge on any atom is -0.384 e. The summed E-state index contributed by atoms with van der Waals surface area (Å²) in [6, 6.07) is 6.26. The Hall–Kier alpha value is -1.08. The molecule has 6 heteroatoms. The lowest BCUT2D eigenvalue weighted by Gasteiger charge is -2.35. The lowest BCUT2D eigenvalue weighted by atomic mass is 9.78. The highest BCUT2D eigenvalue weighted by Gasteiger charge is 2.39. The summed E-state index contributed by atoms with van der Waals surface area (Å²) in [5.41, 5.74) is 3.00. The van der Waals surface area contributed by atoms with Gasteiger partial charge in [0.15, 0.2) is 0 Å². The van der Waals surface area contributed by atoms with Gasteiger partial charge in [-0.15, -0.1) is 0 Å². The molecule has 1 amide bonds. The molecule has 0 aliphatic carbocycles. The molecule has 2 fully saturated rings. The van der Waals surface area contributed by atoms with Crippen LogP contribution in [0.2, 0.25) is 0 Å². The number of hydrogen-bond acceptors (Lipinski definition) is 5. The van der Waals surface area contributed by atoms with E-state index in [2.05, 4.69) is 34.6 Å². The molecule has 0 bridgehead atoms. The van der Waals surface area contributed by atoms with Crippen molar-refractivity contribution in [3.8, 4) is 0 Å². The van der Waals surface area contributed by atoms with Crippen molar-refractivity contribution >= 4 is 23.4 Å². The summed E-state index contributed by atoms with van der Waals surface area (Å²) in [5, 5.41) is 6.55. The molecule has 2 N–H and O–H groups in total. The van der Waals surface area contributed by atoms with E-state index in [1.165, 1.54) is 22.6 Å². The van der Waals surface area contributed by atoms with E-state index in [4.69, 9.17) is 4.74 Å². The molecule has 5 nitrogen and oxygen atoms in total. The minimum atomic E-state index is -0.424. The second-order valence-corrected chi connectivity index (χ2v) is 8.62. The first-order valence-corrected chi connectivity index (χ1v) is 10.7. The van der Waals surface area contributed by atoms with Gasteiger partial charge in [0, 0.05) is 43.9 Å². The van der Waals surface area contributed by atoms with Crippen molar-refractivity contribution in [2.75, 3.05) is 56.7 Å². The monoisotopic (exact) mass is 377 g/mol. The van der Waals surface area contributed by atoms with Crippen molar-refractivity contribution in [1.82, 2.24) is 10.2 Å². The summed E-state index contributed by atoms with van der Waals surface area (Å²) < 4.78 is 5.40. The third-order valence-electron chi connectivity index (χ3n) is 5.65. The van der Waals surface area contributed by atoms with Gasteiger partial charge in [-0.05, 0) is 50.0 Å². The Morgan fingerprint density at radius 3 is 2.73 bits per heavy atom. The number of hydrogen-bond donors (Lipinski definition) is 2. The Labute approximate surface area is 161 Å². The molecule has 26 heavy (non-hydrogen) atoms. The van der Waals surface area contributed by atoms with E-state index in [0.717, 1.165) is 51.3 Å². The van der Waals surface area contributed by atoms with Crippen LogP contribution in [-0.4, -0.2) is 62.2 Å². The van der Waals surface area contributed by atoms with Crippen LogP contribution in [0.15, 0.2) is 18.2 Å². The highest BCUT2D eigenvalue weighted by molar-refractivity contribution is 7.99. The number of benzene rings is 1. The number of nitrogens with zero attached hydrogens (tertiary/aromatic N) is 1. The number of rotatable bonds is 6. The summed E-state index contributed by atoms with van der Waals surface area (Å²) in [4.78, 5) is 15.6. The number of carbonyl (C=O) groups is 1. The molecule has 0 radical (unpaired) electrons. The molecule has 0 atom stereocenters. The van der Waals surface area contributed by atoms with Gasteiger partial charge in [0.1, 0.15) is 0 Å². The average molecular weight is 378 g/mol. The van der Waals surface area contributed by atoms with Crippen molar-refractivity contribution < 1.29 is 9.53 Å². The van der Waals surface area contributed by atoms with Crippen molar-refractivity contribution in [2.45, 2.75) is 26.3 Å². The largest absolute Gasteiger partial charge is 0.384 e. The second kappa shape index (κ2) is 9.22. The van der Waals surface area contributed by atoms with E-state index < -0.39 is 5.41 Å². The first kappa shape index (κ1) is 19.7. The SMILES string of the molecule is COCC1(C(=O)Nc2cccc(CN3CCSCC3)c2C)CCNCC1. The molecule has 1 aromatic carbocycles. The zero-order valence-electron chi connectivity index (χ0n) is 16.0. The van der Waals surface area contributed by atoms with Gasteiger partial charge < -0.3 is 15.4 Å². The fraction of sp³-hybridized carbons (Fsp3) is 0.650. The number of ether oxygens (including phenoxy) is 1. The third-order valence-corrected chi connectivity index (χ3v) is 6.60. The summed E-state index contributed by atoms with van der Waals surface area (Å²) in [6.45, 7) is 7.57. The highest BCUT2D eigenvalue weighted by Crippen LogP contribution is 2.32. The number of piperidine rings is 1. The number of amides is 1. The van der Waals surface area contributed by atoms with Crippen LogP contribution in [0.3, 0.4) is 0 Å². The van der Waals surface area contributed by atoms with Gasteiger partial charge in [0.05, 0.1) is 12.0 Å². The first-order valence-electron chi connectivity index (χ1n) is 9.54. The summed E-state index contributed by atoms with van der Waals surface area (Å²) in [5.74, 6) is 2.52. The van der Waals surface area contributed by atoms with Gasteiger partial charge >= 0.3 is 0 Å². The van der Waals surface area contributed by atoms with Crippen LogP contribution in [0.4, 0.5) is 5.69 Å². The number of thioether (sulfide) groups is 1. The van der Waals surface area contributed by atoms with Gasteiger partial charge in [-0.3, -0.25) is 9.69 Å². The number of nitrogens with one attached hydrogen (secondary N) is 2. The molecule has 2 saturated heterocycles. The van der Waals surface area contributed by atoms with E-state index in [1.54, 1.807) is 7.11 Å². The van der Waals surface area contributed by atoms with Crippen molar-refractivity contribution in [1.29, 1.82) is 0 Å². The third kappa shape index (κ3) is 4.60. The summed E-state index contributed by atoms with van der Waals surface area (Å²) >= 11 is 2.03. The second-order valence-electron chi connectivity index (χ2n) is 7.40. The summed E-state index contributed by atoms with van der Waals surface area (Å²) in [7, 11) is 1.68. The molecule has 0 saturated carbocycles. The Bertz CT molecular complexity index is 606. The van der Waals surface area contributed by atoms with Crippen molar-refractivity contribution in [2.24, 2.45) is 5.41 Å². The molecule has 0 aromatic heterocycles. The minimum absolute atomic E-state index is 0.0930. The molecule has 2 aliphatic heterocycles. The topological polar surface area (TPSA) is 53.6 Å². The molecule has 0 unspecified atom stereocenters. The van der Waals surface area contributed by atoms with Gasteiger partial charge in [-0.25, -0.2) is 0 Å². The fourth-order valence-corrected chi connectivity index (χ4v) is 4.84. The molecule has 144 valence electrons. The number of anilines is 1. The van der Waals surface area contributed by atoms with Crippen LogP contribution in [0, 0.1) is 12.3 Å². The first-order chi connectivity index (χ1) is 12.6. The standard InChI is InChI=1S/C20H31N3O2S/c1-16-17(14-23-10-12-26-13-11-23)4-3-5-18(16)22-19(24)20(15-25-2)6-8-21-9-7-20/h3-5,21H,6-15H2,1-2H3,(H,22,24). The normalized spacial score (nSPS) is 20.7. The maximum absolute atomic E-state index is 13.1. The molecule has 2 heterocycles. The Kier molecular flexibility index (Phi) is 6.98. The zero-order chi connectivity index (χ0) is 18.4. The van der Waals surface area contributed by atoms with Crippen molar-refractivity contribution in [3.05, 3.63) is 29.3 Å².